The number of thiazole rings is 1. The summed E-state index contributed by atoms with van der Waals surface area (Å²) in [6.45, 7) is 0.796. The van der Waals surface area contributed by atoms with E-state index in [0.29, 0.717) is 0 Å². The van der Waals surface area contributed by atoms with Crippen molar-refractivity contribution in [3.63, 3.8) is 0 Å². The van der Waals surface area contributed by atoms with Crippen LogP contribution in [0.1, 0.15) is 4.88 Å². The lowest BCUT2D eigenvalue weighted by Gasteiger charge is -1.97. The lowest BCUT2D eigenvalue weighted by atomic mass is 10.5. The van der Waals surface area contributed by atoms with Crippen LogP contribution in [0, 0.1) is 0 Å². The highest BCUT2D eigenvalue weighted by atomic mass is 79.9. The molecule has 68 valence electrons. The zero-order valence-electron chi connectivity index (χ0n) is 6.53. The molecule has 0 fully saturated rings. The van der Waals surface area contributed by atoms with Gasteiger partial charge in [-0.1, -0.05) is 0 Å². The van der Waals surface area contributed by atoms with E-state index in [2.05, 4.69) is 30.6 Å². The molecular weight excluding hydrogens is 270 g/mol. The minimum absolute atomic E-state index is 0.796. The molecule has 0 aliphatic rings. The van der Waals surface area contributed by atoms with Crippen LogP contribution >= 0.6 is 38.8 Å². The predicted molar refractivity (Wildman–Crippen MR) is 59.3 cm³/mol. The van der Waals surface area contributed by atoms with Crippen LogP contribution in [-0.4, -0.2) is 9.36 Å². The zero-order valence-corrected chi connectivity index (χ0v) is 9.75. The van der Waals surface area contributed by atoms with E-state index < -0.39 is 0 Å². The first-order valence-electron chi connectivity index (χ1n) is 3.59. The van der Waals surface area contributed by atoms with E-state index in [1.165, 1.54) is 16.4 Å². The van der Waals surface area contributed by atoms with Crippen LogP contribution in [0.15, 0.2) is 22.2 Å². The Bertz CT molecular complexity index is 371. The van der Waals surface area contributed by atoms with Crippen molar-refractivity contribution in [2.24, 2.45) is 0 Å². The van der Waals surface area contributed by atoms with E-state index in [1.807, 2.05) is 11.4 Å². The second-order valence-corrected chi connectivity index (χ2v) is 4.90. The molecule has 6 heteroatoms. The molecule has 0 aliphatic heterocycles. The molecule has 0 spiro atoms. The lowest BCUT2D eigenvalue weighted by Crippen LogP contribution is -1.95. The van der Waals surface area contributed by atoms with Gasteiger partial charge in [-0.3, -0.25) is 0 Å². The second-order valence-electron chi connectivity index (χ2n) is 2.31. The molecule has 0 saturated carbocycles. The largest absolute Gasteiger partial charge is 0.357 e. The van der Waals surface area contributed by atoms with Crippen LogP contribution in [0.5, 0.6) is 0 Å². The van der Waals surface area contributed by atoms with Gasteiger partial charge in [-0.05, 0) is 33.5 Å². The van der Waals surface area contributed by atoms with Crippen molar-refractivity contribution in [2.45, 2.75) is 6.54 Å². The minimum Gasteiger partial charge on any atom is -0.357 e. The van der Waals surface area contributed by atoms with Gasteiger partial charge in [-0.2, -0.15) is 0 Å². The Labute approximate surface area is 92.1 Å². The summed E-state index contributed by atoms with van der Waals surface area (Å²) in [4.78, 5) is 5.43. The number of hydrogen-bond acceptors (Lipinski definition) is 5. The van der Waals surface area contributed by atoms with E-state index in [0.717, 1.165) is 16.3 Å². The van der Waals surface area contributed by atoms with E-state index in [-0.39, 0.29) is 0 Å². The molecule has 0 unspecified atom stereocenters. The van der Waals surface area contributed by atoms with Gasteiger partial charge in [0.05, 0.1) is 6.54 Å². The minimum atomic E-state index is 0.796. The van der Waals surface area contributed by atoms with Gasteiger partial charge in [0.25, 0.3) is 0 Å². The number of hydrogen-bond donors (Lipinski definition) is 1. The van der Waals surface area contributed by atoms with E-state index in [4.69, 9.17) is 0 Å². The van der Waals surface area contributed by atoms with Crippen LogP contribution in [0.25, 0.3) is 0 Å². The fourth-order valence-corrected chi connectivity index (χ4v) is 2.49. The summed E-state index contributed by atoms with van der Waals surface area (Å²) in [6, 6.07) is 2.00. The average Bonchev–Trinajstić information content (AvgIpc) is 2.71. The molecular formula is C7H6BrN3S2. The third kappa shape index (κ3) is 2.49. The fourth-order valence-electron chi connectivity index (χ4n) is 0.831. The number of aromatic nitrogens is 2. The monoisotopic (exact) mass is 275 g/mol. The first-order chi connectivity index (χ1) is 6.34. The molecule has 2 aromatic heterocycles. The van der Waals surface area contributed by atoms with Crippen molar-refractivity contribution in [3.8, 4) is 0 Å². The van der Waals surface area contributed by atoms with Crippen LogP contribution in [0.2, 0.25) is 0 Å². The highest BCUT2D eigenvalue weighted by Gasteiger charge is 1.99. The topological polar surface area (TPSA) is 37.8 Å². The van der Waals surface area contributed by atoms with Gasteiger partial charge in [0.1, 0.15) is 4.60 Å². The predicted octanol–water partition coefficient (Wildman–Crippen LogP) is 2.97. The summed E-state index contributed by atoms with van der Waals surface area (Å²) >= 11 is 6.39. The molecule has 2 rings (SSSR count). The molecule has 2 heterocycles. The number of nitrogens with zero attached hydrogens (tertiary/aromatic N) is 2. The van der Waals surface area contributed by atoms with Gasteiger partial charge in [-0.25, -0.2) is 9.36 Å². The Morgan fingerprint density at radius 3 is 3.08 bits per heavy atom. The number of nitrogens with one attached hydrogen (secondary N) is 1. The van der Waals surface area contributed by atoms with Gasteiger partial charge in [0.15, 0.2) is 5.13 Å². The fraction of sp³-hybridized carbons (Fsp3) is 0.143. The maximum atomic E-state index is 4.22. The molecule has 13 heavy (non-hydrogen) atoms. The van der Waals surface area contributed by atoms with Crippen molar-refractivity contribution in [1.82, 2.24) is 9.36 Å². The van der Waals surface area contributed by atoms with Gasteiger partial charge >= 0.3 is 0 Å². The van der Waals surface area contributed by atoms with E-state index in [9.17, 15) is 0 Å². The Hall–Kier alpha value is -0.460. The van der Waals surface area contributed by atoms with Gasteiger partial charge in [0, 0.05) is 16.5 Å². The van der Waals surface area contributed by atoms with Crippen molar-refractivity contribution < 1.29 is 0 Å². The highest BCUT2D eigenvalue weighted by Crippen LogP contribution is 2.20. The molecule has 0 radical (unpaired) electrons. The summed E-state index contributed by atoms with van der Waals surface area (Å²) in [7, 11) is 0. The Morgan fingerprint density at radius 1 is 1.54 bits per heavy atom. The standard InChI is InChI=1S/C7H6BrN3S2/c8-6-4-12-7(11-6)9-3-5-1-2-10-13-5/h1-2,4H,3H2,(H,9,11). The number of halogens is 1. The van der Waals surface area contributed by atoms with E-state index in [1.54, 1.807) is 17.5 Å². The van der Waals surface area contributed by atoms with Crippen LogP contribution < -0.4 is 5.32 Å². The number of rotatable bonds is 3. The summed E-state index contributed by atoms with van der Waals surface area (Å²) in [5.41, 5.74) is 0. The molecule has 2 aromatic rings. The first kappa shape index (κ1) is 9.11. The quantitative estimate of drug-likeness (QED) is 0.936. The summed E-state index contributed by atoms with van der Waals surface area (Å²) < 4.78 is 4.89. The summed E-state index contributed by atoms with van der Waals surface area (Å²) in [5.74, 6) is 0. The van der Waals surface area contributed by atoms with Crippen molar-refractivity contribution in [2.75, 3.05) is 5.32 Å². The van der Waals surface area contributed by atoms with Crippen LogP contribution in [0.3, 0.4) is 0 Å². The smallest absolute Gasteiger partial charge is 0.184 e. The SMILES string of the molecule is Brc1csc(NCc2ccns2)n1. The average molecular weight is 276 g/mol. The Kier molecular flexibility index (Phi) is 2.92. The molecule has 0 aromatic carbocycles. The van der Waals surface area contributed by atoms with Gasteiger partial charge < -0.3 is 5.32 Å². The highest BCUT2D eigenvalue weighted by molar-refractivity contribution is 9.10. The van der Waals surface area contributed by atoms with Crippen molar-refractivity contribution in [1.29, 1.82) is 0 Å². The van der Waals surface area contributed by atoms with Crippen LogP contribution in [-0.2, 0) is 6.54 Å². The molecule has 0 bridgehead atoms. The normalized spacial score (nSPS) is 10.2. The Balaban J connectivity index is 1.93. The summed E-state index contributed by atoms with van der Waals surface area (Å²) in [6.07, 6.45) is 1.81. The third-order valence-electron chi connectivity index (χ3n) is 1.38. The maximum absolute atomic E-state index is 4.22. The molecule has 0 aliphatic carbocycles. The summed E-state index contributed by atoms with van der Waals surface area (Å²) in [5, 5.41) is 6.10. The van der Waals surface area contributed by atoms with E-state index >= 15 is 0 Å². The molecule has 1 N–H and O–H groups in total. The molecule has 3 nitrogen and oxygen atoms in total. The van der Waals surface area contributed by atoms with Crippen molar-refractivity contribution in [3.05, 3.63) is 27.1 Å². The Morgan fingerprint density at radius 2 is 2.46 bits per heavy atom. The molecule has 0 atom stereocenters. The molecule has 0 saturated heterocycles. The third-order valence-corrected chi connectivity index (χ3v) is 3.63. The molecule has 0 amide bonds. The van der Waals surface area contributed by atoms with Crippen molar-refractivity contribution >= 4 is 43.9 Å². The maximum Gasteiger partial charge on any atom is 0.184 e. The lowest BCUT2D eigenvalue weighted by molar-refractivity contribution is 1.16. The van der Waals surface area contributed by atoms with Crippen LogP contribution in [0.4, 0.5) is 5.13 Å². The second kappa shape index (κ2) is 4.17. The number of anilines is 1. The van der Waals surface area contributed by atoms with Gasteiger partial charge in [0.2, 0.25) is 0 Å². The zero-order chi connectivity index (χ0) is 9.10. The first-order valence-corrected chi connectivity index (χ1v) is 6.03. The van der Waals surface area contributed by atoms with Gasteiger partial charge in [-0.15, -0.1) is 11.3 Å².